The van der Waals surface area contributed by atoms with Crippen molar-refractivity contribution < 1.29 is 4.92 Å². The van der Waals surface area contributed by atoms with Crippen molar-refractivity contribution in [3.63, 3.8) is 0 Å². The van der Waals surface area contributed by atoms with Crippen molar-refractivity contribution in [1.29, 1.82) is 0 Å². The first-order valence-electron chi connectivity index (χ1n) is 5.47. The molecule has 0 aliphatic rings. The molecule has 1 aromatic carbocycles. The first-order valence-corrected chi connectivity index (χ1v) is 6.69. The van der Waals surface area contributed by atoms with Crippen LogP contribution in [0.25, 0.3) is 22.2 Å². The molecule has 3 rings (SSSR count). The Kier molecular flexibility index (Phi) is 3.20. The molecular formula is C11H7N5O2S2. The summed E-state index contributed by atoms with van der Waals surface area (Å²) in [6, 6.07) is 9.42. The second-order valence-corrected chi connectivity index (χ2v) is 5.16. The molecule has 20 heavy (non-hydrogen) atoms. The number of benzene rings is 1. The van der Waals surface area contributed by atoms with Crippen LogP contribution >= 0.6 is 24.2 Å². The van der Waals surface area contributed by atoms with Crippen LogP contribution in [0.3, 0.4) is 0 Å². The third-order valence-corrected chi connectivity index (χ3v) is 3.71. The van der Waals surface area contributed by atoms with Gasteiger partial charge in [-0.2, -0.15) is 4.09 Å². The Labute approximate surface area is 122 Å². The van der Waals surface area contributed by atoms with Gasteiger partial charge in [0.1, 0.15) is 6.20 Å². The summed E-state index contributed by atoms with van der Waals surface area (Å²) in [4.78, 5) is 18.4. The predicted molar refractivity (Wildman–Crippen MR) is 77.6 cm³/mol. The number of thiol groups is 1. The van der Waals surface area contributed by atoms with Crippen molar-refractivity contribution in [2.45, 2.75) is 0 Å². The Hall–Kier alpha value is -2.26. The van der Waals surface area contributed by atoms with Crippen LogP contribution in [0.15, 0.2) is 36.5 Å². The maximum atomic E-state index is 10.7. The van der Waals surface area contributed by atoms with Crippen LogP contribution in [-0.2, 0) is 0 Å². The van der Waals surface area contributed by atoms with Gasteiger partial charge in [-0.3, -0.25) is 10.1 Å². The molecule has 100 valence electrons. The van der Waals surface area contributed by atoms with Gasteiger partial charge < -0.3 is 0 Å². The fourth-order valence-electron chi connectivity index (χ4n) is 1.62. The van der Waals surface area contributed by atoms with Crippen LogP contribution in [0, 0.1) is 10.1 Å². The molecule has 0 spiro atoms. The van der Waals surface area contributed by atoms with E-state index in [9.17, 15) is 10.1 Å². The summed E-state index contributed by atoms with van der Waals surface area (Å²) in [5.41, 5.74) is 0.854. The van der Waals surface area contributed by atoms with Crippen LogP contribution < -0.4 is 0 Å². The standard InChI is InChI=1S/C11H7N5O2S2/c17-16(18)8-6-12-11(20-8)9-13-10(15(19)14-9)7-4-2-1-3-5-7/h1-6,19H. The smallest absolute Gasteiger partial charge is 0.257 e. The summed E-state index contributed by atoms with van der Waals surface area (Å²) in [7, 11) is 0. The molecule has 0 amide bonds. The second kappa shape index (κ2) is 5.02. The van der Waals surface area contributed by atoms with E-state index in [0.717, 1.165) is 16.9 Å². The van der Waals surface area contributed by atoms with Gasteiger partial charge in [0, 0.05) is 5.56 Å². The van der Waals surface area contributed by atoms with E-state index in [1.165, 1.54) is 10.3 Å². The lowest BCUT2D eigenvalue weighted by Gasteiger charge is -1.96. The van der Waals surface area contributed by atoms with Gasteiger partial charge in [-0.25, -0.2) is 9.97 Å². The molecule has 0 unspecified atom stereocenters. The van der Waals surface area contributed by atoms with E-state index >= 15 is 0 Å². The molecule has 0 bridgehead atoms. The fourth-order valence-corrected chi connectivity index (χ4v) is 2.52. The SMILES string of the molecule is O=[N+]([O-])c1cnc(-c2nc(-c3ccccc3)n(S)n2)s1. The van der Waals surface area contributed by atoms with Gasteiger partial charge in [0.15, 0.2) is 10.8 Å². The van der Waals surface area contributed by atoms with Crippen molar-refractivity contribution in [2.75, 3.05) is 0 Å². The Morgan fingerprint density at radius 2 is 2.05 bits per heavy atom. The maximum absolute atomic E-state index is 10.7. The fraction of sp³-hybridized carbons (Fsp3) is 0. The van der Waals surface area contributed by atoms with Crippen LogP contribution in [-0.4, -0.2) is 24.1 Å². The minimum atomic E-state index is -0.489. The highest BCUT2D eigenvalue weighted by Crippen LogP contribution is 2.29. The molecule has 0 fully saturated rings. The highest BCUT2D eigenvalue weighted by atomic mass is 32.1. The van der Waals surface area contributed by atoms with Crippen molar-refractivity contribution in [3.05, 3.63) is 46.6 Å². The van der Waals surface area contributed by atoms with Crippen molar-refractivity contribution in [3.8, 4) is 22.2 Å². The molecule has 9 heteroatoms. The van der Waals surface area contributed by atoms with E-state index < -0.39 is 4.92 Å². The quantitative estimate of drug-likeness (QED) is 0.456. The summed E-state index contributed by atoms with van der Waals surface area (Å²) in [5, 5.41) is 15.1. The number of nitro groups is 1. The van der Waals surface area contributed by atoms with Gasteiger partial charge >= 0.3 is 5.00 Å². The van der Waals surface area contributed by atoms with E-state index in [1.54, 1.807) is 0 Å². The molecule has 2 heterocycles. The topological polar surface area (TPSA) is 86.7 Å². The molecular weight excluding hydrogens is 298 g/mol. The molecule has 7 nitrogen and oxygen atoms in total. The Bertz CT molecular complexity index is 768. The number of aromatic nitrogens is 4. The zero-order valence-corrected chi connectivity index (χ0v) is 11.6. The monoisotopic (exact) mass is 305 g/mol. The number of thiazole rings is 1. The van der Waals surface area contributed by atoms with Crippen LogP contribution in [0.1, 0.15) is 0 Å². The second-order valence-electron chi connectivity index (χ2n) is 3.78. The summed E-state index contributed by atoms with van der Waals surface area (Å²) in [6.07, 6.45) is 1.20. The number of nitrogens with zero attached hydrogens (tertiary/aromatic N) is 5. The third kappa shape index (κ3) is 2.28. The largest absolute Gasteiger partial charge is 0.344 e. The van der Waals surface area contributed by atoms with Gasteiger partial charge in [-0.05, 0) is 24.2 Å². The van der Waals surface area contributed by atoms with Crippen LogP contribution in [0.4, 0.5) is 5.00 Å². The third-order valence-electron chi connectivity index (χ3n) is 2.49. The minimum Gasteiger partial charge on any atom is -0.257 e. The lowest BCUT2D eigenvalue weighted by Crippen LogP contribution is -1.87. The van der Waals surface area contributed by atoms with Gasteiger partial charge in [-0.1, -0.05) is 30.3 Å². The van der Waals surface area contributed by atoms with Crippen molar-refractivity contribution in [2.24, 2.45) is 0 Å². The molecule has 2 aromatic heterocycles. The maximum Gasteiger partial charge on any atom is 0.344 e. The van der Waals surface area contributed by atoms with Crippen molar-refractivity contribution in [1.82, 2.24) is 19.2 Å². The number of hydrogen-bond acceptors (Lipinski definition) is 7. The highest BCUT2D eigenvalue weighted by Gasteiger charge is 2.18. The minimum absolute atomic E-state index is 0.0447. The summed E-state index contributed by atoms with van der Waals surface area (Å²) in [6.45, 7) is 0. The molecule has 0 saturated carbocycles. The predicted octanol–water partition coefficient (Wildman–Crippen LogP) is 2.67. The van der Waals surface area contributed by atoms with Gasteiger partial charge in [0.2, 0.25) is 5.82 Å². The van der Waals surface area contributed by atoms with Gasteiger partial charge in [0.05, 0.1) is 4.92 Å². The Balaban J connectivity index is 2.02. The number of rotatable bonds is 3. The average Bonchev–Trinajstić information content (AvgIpc) is 3.06. The molecule has 0 aliphatic carbocycles. The van der Waals surface area contributed by atoms with E-state index in [1.807, 2.05) is 30.3 Å². The van der Waals surface area contributed by atoms with E-state index in [-0.39, 0.29) is 5.00 Å². The van der Waals surface area contributed by atoms with Crippen LogP contribution in [0.2, 0.25) is 0 Å². The Morgan fingerprint density at radius 1 is 1.30 bits per heavy atom. The van der Waals surface area contributed by atoms with E-state index in [2.05, 4.69) is 27.9 Å². The van der Waals surface area contributed by atoms with E-state index in [4.69, 9.17) is 0 Å². The highest BCUT2D eigenvalue weighted by molar-refractivity contribution is 7.78. The molecule has 0 aliphatic heterocycles. The average molecular weight is 305 g/mol. The summed E-state index contributed by atoms with van der Waals surface area (Å²) in [5.74, 6) is 0.874. The molecule has 3 aromatic rings. The Morgan fingerprint density at radius 3 is 2.70 bits per heavy atom. The normalized spacial score (nSPS) is 10.7. The number of hydrogen-bond donors (Lipinski definition) is 1. The van der Waals surface area contributed by atoms with Crippen LogP contribution in [0.5, 0.6) is 0 Å². The molecule has 0 atom stereocenters. The van der Waals surface area contributed by atoms with Gasteiger partial charge in [-0.15, -0.1) is 5.10 Å². The lowest BCUT2D eigenvalue weighted by atomic mass is 10.2. The first kappa shape index (κ1) is 12.8. The molecule has 0 saturated heterocycles. The summed E-state index contributed by atoms with van der Waals surface area (Å²) >= 11 is 5.14. The van der Waals surface area contributed by atoms with E-state index in [0.29, 0.717) is 16.7 Å². The zero-order chi connectivity index (χ0) is 14.1. The summed E-state index contributed by atoms with van der Waals surface area (Å²) < 4.78 is 1.33. The lowest BCUT2D eigenvalue weighted by molar-refractivity contribution is -0.380. The molecule has 0 N–H and O–H groups in total. The zero-order valence-electron chi connectivity index (χ0n) is 9.87. The molecule has 0 radical (unpaired) electrons. The first-order chi connectivity index (χ1) is 9.65. The van der Waals surface area contributed by atoms with Gasteiger partial charge in [0.25, 0.3) is 0 Å². The van der Waals surface area contributed by atoms with Crippen molar-refractivity contribution >= 4 is 29.2 Å².